The lowest BCUT2D eigenvalue weighted by atomic mass is 9.93. The number of ether oxygens (including phenoxy) is 1. The molecule has 45 heavy (non-hydrogen) atoms. The molecule has 6 N–H and O–H groups in total. The van der Waals surface area contributed by atoms with Crippen molar-refractivity contribution in [3.63, 3.8) is 0 Å². The zero-order chi connectivity index (χ0) is 32.9. The second-order valence-corrected chi connectivity index (χ2v) is 11.8. The molecule has 3 amide bonds. The largest absolute Gasteiger partial charge is 0.436 e. The molecule has 242 valence electrons. The quantitative estimate of drug-likeness (QED) is 0.151. The maximum atomic E-state index is 13.3. The van der Waals surface area contributed by atoms with Gasteiger partial charge in [-0.15, -0.1) is 0 Å². The van der Waals surface area contributed by atoms with E-state index < -0.39 is 60.3 Å². The summed E-state index contributed by atoms with van der Waals surface area (Å²) < 4.78 is 5.45. The second-order valence-electron chi connectivity index (χ2n) is 11.8. The smallest absolute Gasteiger partial charge is 0.408 e. The van der Waals surface area contributed by atoms with Gasteiger partial charge in [-0.3, -0.25) is 9.59 Å². The van der Waals surface area contributed by atoms with E-state index in [2.05, 4.69) is 16.0 Å². The molecule has 10 heteroatoms. The Balaban J connectivity index is 1.71. The highest BCUT2D eigenvalue weighted by Crippen LogP contribution is 2.29. The minimum Gasteiger partial charge on any atom is -0.436 e. The maximum Gasteiger partial charge on any atom is 0.408 e. The summed E-state index contributed by atoms with van der Waals surface area (Å²) in [5.74, 6) is -2.04. The van der Waals surface area contributed by atoms with Gasteiger partial charge in [0.2, 0.25) is 0 Å². The molecule has 6 atom stereocenters. The van der Waals surface area contributed by atoms with E-state index in [1.807, 2.05) is 50.2 Å². The average molecular weight is 620 g/mol. The summed E-state index contributed by atoms with van der Waals surface area (Å²) in [5, 5.41) is 41.4. The van der Waals surface area contributed by atoms with Crippen LogP contribution in [0.4, 0.5) is 4.79 Å². The molecule has 0 aliphatic rings. The van der Waals surface area contributed by atoms with E-state index in [1.165, 1.54) is 0 Å². The number of carbonyl (C=O) groups excluding carboxylic acids is 3. The Bertz CT molecular complexity index is 1340. The van der Waals surface area contributed by atoms with Crippen LogP contribution in [0.1, 0.15) is 63.0 Å². The molecule has 0 heterocycles. The molecule has 10 nitrogen and oxygen atoms in total. The van der Waals surface area contributed by atoms with E-state index in [-0.39, 0.29) is 18.9 Å². The Morgan fingerprint density at radius 1 is 0.711 bits per heavy atom. The normalized spacial score (nSPS) is 15.3. The zero-order valence-electron chi connectivity index (χ0n) is 26.2. The van der Waals surface area contributed by atoms with Gasteiger partial charge >= 0.3 is 6.09 Å². The summed E-state index contributed by atoms with van der Waals surface area (Å²) in [7, 11) is 0. The average Bonchev–Trinajstić information content (AvgIpc) is 3.04. The van der Waals surface area contributed by atoms with Crippen molar-refractivity contribution in [2.24, 2.45) is 11.8 Å². The Labute approximate surface area is 264 Å². The van der Waals surface area contributed by atoms with Gasteiger partial charge in [-0.25, -0.2) is 4.79 Å². The lowest BCUT2D eigenvalue weighted by Gasteiger charge is -2.32. The number of benzene rings is 3. The van der Waals surface area contributed by atoms with E-state index in [0.29, 0.717) is 11.1 Å². The van der Waals surface area contributed by atoms with Crippen LogP contribution in [0.3, 0.4) is 0 Å². The molecule has 3 aromatic carbocycles. The summed E-state index contributed by atoms with van der Waals surface area (Å²) >= 11 is 0. The van der Waals surface area contributed by atoms with E-state index >= 15 is 0 Å². The highest BCUT2D eigenvalue weighted by molar-refractivity contribution is 5.85. The molecule has 3 rings (SSSR count). The maximum absolute atomic E-state index is 13.3. The first-order chi connectivity index (χ1) is 21.5. The molecule has 0 aromatic heterocycles. The number of alkyl carbamates (subject to hydrolysis) is 1. The van der Waals surface area contributed by atoms with Gasteiger partial charge in [0.15, 0.2) is 12.2 Å². The minimum atomic E-state index is -1.95. The fourth-order valence-electron chi connectivity index (χ4n) is 4.94. The van der Waals surface area contributed by atoms with Crippen molar-refractivity contribution < 1.29 is 34.4 Å². The van der Waals surface area contributed by atoms with Crippen LogP contribution < -0.4 is 16.0 Å². The third kappa shape index (κ3) is 10.7. The molecule has 0 aliphatic heterocycles. The molecular weight excluding hydrogens is 574 g/mol. The number of rotatable bonds is 15. The van der Waals surface area contributed by atoms with Crippen molar-refractivity contribution in [3.8, 4) is 0 Å². The summed E-state index contributed by atoms with van der Waals surface area (Å²) in [5.41, 5.74) is 2.01. The van der Waals surface area contributed by atoms with Crippen molar-refractivity contribution in [3.05, 3.63) is 108 Å². The standard InChI is InChI=1S/C35H45N3O7/c1-22(2)20-27(37-34(43)32(23(3)4)45-35(44)36-21-24-14-8-5-9-15-24)30(40)31(41)33(42)38-28(25-16-10-6-11-17-25)29(39)26-18-12-7-13-19-26/h5-19,22-23,27-32,39-41H,20-21H2,1-4H3,(H,36,44)(H,37,43)(H,38,42). The Morgan fingerprint density at radius 2 is 1.24 bits per heavy atom. The lowest BCUT2D eigenvalue weighted by molar-refractivity contribution is -0.141. The lowest BCUT2D eigenvalue weighted by Crippen LogP contribution is -2.56. The monoisotopic (exact) mass is 619 g/mol. The second kappa shape index (κ2) is 17.3. The van der Waals surface area contributed by atoms with Crippen LogP contribution in [0.5, 0.6) is 0 Å². The first-order valence-electron chi connectivity index (χ1n) is 15.2. The predicted molar refractivity (Wildman–Crippen MR) is 171 cm³/mol. The van der Waals surface area contributed by atoms with Crippen LogP contribution >= 0.6 is 0 Å². The molecule has 0 fully saturated rings. The highest BCUT2D eigenvalue weighted by Gasteiger charge is 2.37. The zero-order valence-corrected chi connectivity index (χ0v) is 26.2. The van der Waals surface area contributed by atoms with Gasteiger partial charge in [-0.2, -0.15) is 0 Å². The van der Waals surface area contributed by atoms with Gasteiger partial charge < -0.3 is 36.0 Å². The minimum absolute atomic E-state index is 0.0372. The third-order valence-electron chi connectivity index (χ3n) is 7.35. The number of aliphatic hydroxyl groups excluding tert-OH is 3. The van der Waals surface area contributed by atoms with Crippen molar-refractivity contribution in [2.75, 3.05) is 0 Å². The highest BCUT2D eigenvalue weighted by atomic mass is 16.6. The summed E-state index contributed by atoms with van der Waals surface area (Å²) in [6, 6.07) is 24.8. The van der Waals surface area contributed by atoms with Gasteiger partial charge in [0.05, 0.1) is 12.1 Å². The third-order valence-corrected chi connectivity index (χ3v) is 7.35. The molecular formula is C35H45N3O7. The summed E-state index contributed by atoms with van der Waals surface area (Å²) in [6.07, 6.45) is -6.56. The van der Waals surface area contributed by atoms with Crippen LogP contribution in [0.2, 0.25) is 0 Å². The molecule has 3 aromatic rings. The number of amides is 3. The van der Waals surface area contributed by atoms with Crippen LogP contribution in [0, 0.1) is 11.8 Å². The topological polar surface area (TPSA) is 157 Å². The van der Waals surface area contributed by atoms with Crippen molar-refractivity contribution in [1.29, 1.82) is 0 Å². The fraction of sp³-hybridized carbons (Fsp3) is 0.400. The molecule has 0 spiro atoms. The van der Waals surface area contributed by atoms with Crippen LogP contribution in [-0.2, 0) is 20.9 Å². The van der Waals surface area contributed by atoms with Gasteiger partial charge in [-0.1, -0.05) is 119 Å². The number of hydrogen-bond acceptors (Lipinski definition) is 7. The molecule has 0 radical (unpaired) electrons. The summed E-state index contributed by atoms with van der Waals surface area (Å²) in [4.78, 5) is 39.2. The number of hydrogen-bond donors (Lipinski definition) is 6. The van der Waals surface area contributed by atoms with Crippen LogP contribution in [0.15, 0.2) is 91.0 Å². The van der Waals surface area contributed by atoms with E-state index in [4.69, 9.17) is 4.74 Å². The van der Waals surface area contributed by atoms with Crippen LogP contribution in [-0.4, -0.2) is 57.6 Å². The molecule has 0 saturated carbocycles. The first-order valence-corrected chi connectivity index (χ1v) is 15.2. The van der Waals surface area contributed by atoms with Gasteiger partial charge in [-0.05, 0) is 34.9 Å². The van der Waals surface area contributed by atoms with Crippen molar-refractivity contribution in [1.82, 2.24) is 16.0 Å². The molecule has 0 saturated heterocycles. The van der Waals surface area contributed by atoms with Crippen molar-refractivity contribution >= 4 is 17.9 Å². The van der Waals surface area contributed by atoms with Gasteiger partial charge in [0.25, 0.3) is 11.8 Å². The van der Waals surface area contributed by atoms with Crippen molar-refractivity contribution in [2.45, 2.75) is 77.2 Å². The number of nitrogens with one attached hydrogen (secondary N) is 3. The summed E-state index contributed by atoms with van der Waals surface area (Å²) in [6.45, 7) is 7.38. The SMILES string of the molecule is CC(C)CC(NC(=O)C(OC(=O)NCc1ccccc1)C(C)C)C(O)C(O)C(=O)NC(c1ccccc1)C(O)c1ccccc1. The van der Waals surface area contributed by atoms with E-state index in [1.54, 1.807) is 68.4 Å². The fourth-order valence-corrected chi connectivity index (χ4v) is 4.94. The van der Waals surface area contributed by atoms with Gasteiger partial charge in [0.1, 0.15) is 12.2 Å². The van der Waals surface area contributed by atoms with Crippen LogP contribution in [0.25, 0.3) is 0 Å². The van der Waals surface area contributed by atoms with E-state index in [9.17, 15) is 29.7 Å². The Hall–Kier alpha value is -4.25. The molecule has 6 unspecified atom stereocenters. The van der Waals surface area contributed by atoms with E-state index in [0.717, 1.165) is 5.56 Å². The number of aliphatic hydroxyl groups is 3. The van der Waals surface area contributed by atoms with Gasteiger partial charge in [0, 0.05) is 6.54 Å². The number of carbonyl (C=O) groups is 3. The Kier molecular flexibility index (Phi) is 13.5. The first kappa shape index (κ1) is 35.2. The Morgan fingerprint density at radius 3 is 1.78 bits per heavy atom. The molecule has 0 bridgehead atoms. The molecule has 0 aliphatic carbocycles. The predicted octanol–water partition coefficient (Wildman–Crippen LogP) is 3.78.